The van der Waals surface area contributed by atoms with Crippen molar-refractivity contribution in [2.75, 3.05) is 0 Å². The van der Waals surface area contributed by atoms with Crippen LogP contribution in [-0.4, -0.2) is 16.1 Å². The molecule has 0 atom stereocenters. The molecule has 0 spiro atoms. The Balaban J connectivity index is 1.81. The number of amides is 1. The summed E-state index contributed by atoms with van der Waals surface area (Å²) in [6, 6.07) is 5.93. The van der Waals surface area contributed by atoms with Crippen LogP contribution in [0.25, 0.3) is 10.9 Å². The van der Waals surface area contributed by atoms with Crippen LogP contribution in [-0.2, 0) is 12.7 Å². The quantitative estimate of drug-likeness (QED) is 0.703. The smallest absolute Gasteiger partial charge is 0.348 e. The largest absolute Gasteiger partial charge is 0.422 e. The van der Waals surface area contributed by atoms with Gasteiger partial charge in [0.1, 0.15) is 17.2 Å². The van der Waals surface area contributed by atoms with Crippen molar-refractivity contribution in [1.29, 1.82) is 0 Å². The molecule has 3 aromatic rings. The summed E-state index contributed by atoms with van der Waals surface area (Å²) in [7, 11) is 0. The predicted octanol–water partition coefficient (Wildman–Crippen LogP) is 3.79. The van der Waals surface area contributed by atoms with Gasteiger partial charge in [-0.15, -0.1) is 0 Å². The zero-order valence-electron chi connectivity index (χ0n) is 12.4. The number of H-pyrrole nitrogens is 1. The van der Waals surface area contributed by atoms with Crippen molar-refractivity contribution in [2.45, 2.75) is 12.7 Å². The normalized spacial score (nSPS) is 11.7. The lowest BCUT2D eigenvalue weighted by molar-refractivity contribution is -0.142. The lowest BCUT2D eigenvalue weighted by Crippen LogP contribution is -2.24. The maximum absolute atomic E-state index is 13.5. The Labute approximate surface area is 137 Å². The maximum Gasteiger partial charge on any atom is 0.422 e. The van der Waals surface area contributed by atoms with Gasteiger partial charge in [-0.1, -0.05) is 12.1 Å². The van der Waals surface area contributed by atoms with E-state index in [0.717, 1.165) is 10.9 Å². The number of nitrogens with one attached hydrogen (secondary N) is 2. The lowest BCUT2D eigenvalue weighted by Gasteiger charge is -2.11. The van der Waals surface area contributed by atoms with Gasteiger partial charge in [-0.25, -0.2) is 8.78 Å². The first-order valence-electron chi connectivity index (χ1n) is 7.03. The molecular formula is C16H10F5N3O. The second-order valence-corrected chi connectivity index (χ2v) is 5.24. The van der Waals surface area contributed by atoms with Crippen LogP contribution in [0, 0.1) is 11.6 Å². The highest BCUT2D eigenvalue weighted by Crippen LogP contribution is 2.34. The molecule has 0 aliphatic rings. The van der Waals surface area contributed by atoms with Gasteiger partial charge in [-0.05, 0) is 23.8 Å². The second kappa shape index (κ2) is 6.15. The number of halogens is 5. The summed E-state index contributed by atoms with van der Waals surface area (Å²) in [4.78, 5) is 12.0. The number of nitrogens with zero attached hydrogens (tertiary/aromatic N) is 1. The van der Waals surface area contributed by atoms with Crippen LogP contribution in [0.5, 0.6) is 0 Å². The third-order valence-electron chi connectivity index (χ3n) is 3.60. The average molecular weight is 355 g/mol. The first kappa shape index (κ1) is 16.9. The molecule has 2 N–H and O–H groups in total. The molecule has 0 unspecified atom stereocenters. The minimum Gasteiger partial charge on any atom is -0.348 e. The van der Waals surface area contributed by atoms with Crippen molar-refractivity contribution in [3.63, 3.8) is 0 Å². The van der Waals surface area contributed by atoms with E-state index in [9.17, 15) is 26.7 Å². The van der Waals surface area contributed by atoms with Gasteiger partial charge in [0.2, 0.25) is 0 Å². The molecule has 9 heteroatoms. The lowest BCUT2D eigenvalue weighted by atomic mass is 10.1. The zero-order valence-corrected chi connectivity index (χ0v) is 12.4. The van der Waals surface area contributed by atoms with Crippen molar-refractivity contribution in [1.82, 2.24) is 15.5 Å². The number of hydrogen-bond acceptors (Lipinski definition) is 2. The van der Waals surface area contributed by atoms with E-state index in [1.165, 1.54) is 0 Å². The monoisotopic (exact) mass is 355 g/mol. The molecule has 130 valence electrons. The molecule has 0 radical (unpaired) electrons. The van der Waals surface area contributed by atoms with Crippen LogP contribution in [0.4, 0.5) is 22.0 Å². The Morgan fingerprint density at radius 2 is 1.84 bits per heavy atom. The summed E-state index contributed by atoms with van der Waals surface area (Å²) < 4.78 is 64.7. The Morgan fingerprint density at radius 1 is 1.16 bits per heavy atom. The van der Waals surface area contributed by atoms with Crippen LogP contribution in [0.15, 0.2) is 36.5 Å². The van der Waals surface area contributed by atoms with Crippen molar-refractivity contribution in [2.24, 2.45) is 0 Å². The molecule has 1 aromatic heterocycles. The number of carbonyl (C=O) groups is 1. The summed E-state index contributed by atoms with van der Waals surface area (Å²) in [5.74, 6) is -4.57. The number of hydrogen-bond donors (Lipinski definition) is 2. The zero-order chi connectivity index (χ0) is 18.2. The Hall–Kier alpha value is -2.97. The number of fused-ring (bicyclic) bond motifs is 1. The van der Waals surface area contributed by atoms with Gasteiger partial charge in [-0.2, -0.15) is 18.3 Å². The van der Waals surface area contributed by atoms with E-state index < -0.39 is 34.8 Å². The van der Waals surface area contributed by atoms with Crippen LogP contribution in [0.1, 0.15) is 21.5 Å². The van der Waals surface area contributed by atoms with Gasteiger partial charge in [0.15, 0.2) is 0 Å². The fraction of sp³-hybridized carbons (Fsp3) is 0.125. The summed E-state index contributed by atoms with van der Waals surface area (Å²) >= 11 is 0. The molecule has 2 aromatic carbocycles. The van der Waals surface area contributed by atoms with Crippen LogP contribution < -0.4 is 5.32 Å². The maximum atomic E-state index is 13.5. The molecule has 1 heterocycles. The highest BCUT2D eigenvalue weighted by Gasteiger charge is 2.38. The van der Waals surface area contributed by atoms with E-state index >= 15 is 0 Å². The first-order chi connectivity index (χ1) is 11.8. The predicted molar refractivity (Wildman–Crippen MR) is 78.6 cm³/mol. The number of alkyl halides is 3. The molecule has 4 nitrogen and oxygen atoms in total. The van der Waals surface area contributed by atoms with Gasteiger partial charge in [0.25, 0.3) is 5.91 Å². The van der Waals surface area contributed by atoms with Crippen molar-refractivity contribution in [3.8, 4) is 0 Å². The number of carbonyl (C=O) groups excluding carboxylic acids is 1. The number of rotatable bonds is 3. The molecule has 0 aliphatic carbocycles. The molecule has 0 saturated heterocycles. The van der Waals surface area contributed by atoms with Gasteiger partial charge in [0.05, 0.1) is 11.7 Å². The molecule has 0 aliphatic heterocycles. The molecule has 0 bridgehead atoms. The van der Waals surface area contributed by atoms with Crippen molar-refractivity contribution < 1.29 is 26.7 Å². The van der Waals surface area contributed by atoms with Gasteiger partial charge >= 0.3 is 6.18 Å². The van der Waals surface area contributed by atoms with Gasteiger partial charge in [-0.3, -0.25) is 9.89 Å². The molecule has 25 heavy (non-hydrogen) atoms. The molecule has 1 amide bonds. The van der Waals surface area contributed by atoms with Crippen LogP contribution in [0.3, 0.4) is 0 Å². The minimum absolute atomic E-state index is 0.0139. The third kappa shape index (κ3) is 3.30. The highest BCUT2D eigenvalue weighted by atomic mass is 19.4. The standard InChI is InChI=1S/C16H10F5N3O/c17-11-4-9(5-12(18)14(11)16(19,20)21)15(25)22-6-8-2-1-3-13-10(8)7-23-24-13/h1-5,7H,6H2,(H,22,25)(H,23,24). The average Bonchev–Trinajstić information content (AvgIpc) is 2.99. The Kier molecular flexibility index (Phi) is 4.15. The topological polar surface area (TPSA) is 57.8 Å². The van der Waals surface area contributed by atoms with E-state index in [1.807, 2.05) is 0 Å². The summed E-state index contributed by atoms with van der Waals surface area (Å²) in [6.07, 6.45) is -3.63. The van der Waals surface area contributed by atoms with Gasteiger partial charge in [0, 0.05) is 17.5 Å². The second-order valence-electron chi connectivity index (χ2n) is 5.24. The van der Waals surface area contributed by atoms with Gasteiger partial charge < -0.3 is 5.32 Å². The summed E-state index contributed by atoms with van der Waals surface area (Å²) in [5.41, 5.74) is -1.14. The fourth-order valence-electron chi connectivity index (χ4n) is 2.44. The third-order valence-corrected chi connectivity index (χ3v) is 3.60. The molecule has 3 rings (SSSR count). The van der Waals surface area contributed by atoms with E-state index in [0.29, 0.717) is 17.7 Å². The first-order valence-corrected chi connectivity index (χ1v) is 7.03. The molecule has 0 saturated carbocycles. The van der Waals surface area contributed by atoms with E-state index in [-0.39, 0.29) is 6.54 Å². The van der Waals surface area contributed by atoms with Crippen molar-refractivity contribution >= 4 is 16.8 Å². The summed E-state index contributed by atoms with van der Waals surface area (Å²) in [6.45, 7) is 0.0139. The number of aromatic nitrogens is 2. The summed E-state index contributed by atoms with van der Waals surface area (Å²) in [5, 5.41) is 9.76. The molecule has 0 fully saturated rings. The van der Waals surface area contributed by atoms with E-state index in [1.54, 1.807) is 24.4 Å². The van der Waals surface area contributed by atoms with Crippen LogP contribution in [0.2, 0.25) is 0 Å². The van der Waals surface area contributed by atoms with E-state index in [4.69, 9.17) is 0 Å². The minimum atomic E-state index is -5.18. The Morgan fingerprint density at radius 3 is 2.48 bits per heavy atom. The number of benzene rings is 2. The SMILES string of the molecule is O=C(NCc1cccc2[nH]ncc12)c1cc(F)c(C(F)(F)F)c(F)c1. The fourth-order valence-corrected chi connectivity index (χ4v) is 2.44. The van der Waals surface area contributed by atoms with E-state index in [2.05, 4.69) is 15.5 Å². The van der Waals surface area contributed by atoms with Crippen molar-refractivity contribution in [3.05, 3.63) is 64.9 Å². The Bertz CT molecular complexity index is 925. The number of aromatic amines is 1. The highest BCUT2D eigenvalue weighted by molar-refractivity contribution is 5.94. The molecular weight excluding hydrogens is 345 g/mol. The van der Waals surface area contributed by atoms with Crippen LogP contribution >= 0.6 is 0 Å².